The molecule has 0 aliphatic heterocycles. The summed E-state index contributed by atoms with van der Waals surface area (Å²) in [5.41, 5.74) is 7.09. The van der Waals surface area contributed by atoms with Gasteiger partial charge in [0.1, 0.15) is 0 Å². The molecule has 0 fully saturated rings. The molecule has 1 aromatic carbocycles. The molecule has 2 N–H and O–H groups in total. The van der Waals surface area contributed by atoms with E-state index in [9.17, 15) is 0 Å². The van der Waals surface area contributed by atoms with Gasteiger partial charge in [-0.1, -0.05) is 40.9 Å². The summed E-state index contributed by atoms with van der Waals surface area (Å²) in [6.45, 7) is 0. The van der Waals surface area contributed by atoms with Gasteiger partial charge in [0.15, 0.2) is 0 Å². The summed E-state index contributed by atoms with van der Waals surface area (Å²) in [6, 6.07) is 9.24. The maximum absolute atomic E-state index is 6.12. The highest BCUT2D eigenvalue weighted by molar-refractivity contribution is 7.16. The summed E-state index contributed by atoms with van der Waals surface area (Å²) >= 11 is 19.2. The molecular weight excluding hydrogens is 297 g/mol. The van der Waals surface area contributed by atoms with Crippen LogP contribution < -0.4 is 5.73 Å². The Kier molecular flexibility index (Phi) is 4.34. The van der Waals surface area contributed by atoms with Crippen molar-refractivity contribution in [1.82, 2.24) is 0 Å². The number of thiophene rings is 1. The normalized spacial score (nSPS) is 12.7. The van der Waals surface area contributed by atoms with Crippen LogP contribution in [0.3, 0.4) is 0 Å². The number of halogens is 3. The second-order valence-corrected chi connectivity index (χ2v) is 6.30. The zero-order chi connectivity index (χ0) is 12.4. The average Bonchev–Trinajstić information content (AvgIpc) is 2.68. The Morgan fingerprint density at radius 1 is 1.06 bits per heavy atom. The first-order chi connectivity index (χ1) is 8.06. The van der Waals surface area contributed by atoms with Crippen molar-refractivity contribution in [3.05, 3.63) is 55.2 Å². The number of rotatable bonds is 3. The molecule has 0 bridgehead atoms. The van der Waals surface area contributed by atoms with Crippen LogP contribution in [-0.4, -0.2) is 0 Å². The molecule has 2 aromatic rings. The number of hydrogen-bond acceptors (Lipinski definition) is 2. The van der Waals surface area contributed by atoms with Crippen molar-refractivity contribution in [2.24, 2.45) is 5.73 Å². The molecular formula is C12H10Cl3NS. The monoisotopic (exact) mass is 305 g/mol. The number of hydrogen-bond donors (Lipinski definition) is 1. The molecule has 1 nitrogen and oxygen atoms in total. The van der Waals surface area contributed by atoms with Crippen molar-refractivity contribution in [1.29, 1.82) is 0 Å². The van der Waals surface area contributed by atoms with Gasteiger partial charge < -0.3 is 5.73 Å². The van der Waals surface area contributed by atoms with Gasteiger partial charge in [-0.15, -0.1) is 11.3 Å². The molecule has 17 heavy (non-hydrogen) atoms. The Balaban J connectivity index is 2.14. The van der Waals surface area contributed by atoms with Gasteiger partial charge in [-0.05, 0) is 29.8 Å². The quantitative estimate of drug-likeness (QED) is 0.853. The highest BCUT2D eigenvalue weighted by Crippen LogP contribution is 2.28. The molecule has 1 unspecified atom stereocenters. The lowest BCUT2D eigenvalue weighted by atomic mass is 10.0. The minimum absolute atomic E-state index is 0.0977. The first-order valence-electron chi connectivity index (χ1n) is 5.01. The van der Waals surface area contributed by atoms with Crippen LogP contribution in [0.2, 0.25) is 14.4 Å². The number of benzene rings is 1. The molecule has 1 heterocycles. The van der Waals surface area contributed by atoms with Crippen LogP contribution in [0.5, 0.6) is 0 Å². The fourth-order valence-corrected chi connectivity index (χ4v) is 2.99. The molecule has 1 atom stereocenters. The molecule has 0 amide bonds. The van der Waals surface area contributed by atoms with E-state index in [1.807, 2.05) is 24.3 Å². The van der Waals surface area contributed by atoms with E-state index in [1.54, 1.807) is 17.4 Å². The smallest absolute Gasteiger partial charge is 0.0931 e. The van der Waals surface area contributed by atoms with E-state index in [4.69, 9.17) is 40.5 Å². The third-order valence-corrected chi connectivity index (χ3v) is 4.41. The number of nitrogens with two attached hydrogens (primary N) is 1. The van der Waals surface area contributed by atoms with Crippen LogP contribution in [0.4, 0.5) is 0 Å². The second-order valence-electron chi connectivity index (χ2n) is 3.69. The summed E-state index contributed by atoms with van der Waals surface area (Å²) in [5.74, 6) is 0. The zero-order valence-electron chi connectivity index (χ0n) is 8.79. The van der Waals surface area contributed by atoms with Crippen molar-refractivity contribution >= 4 is 46.1 Å². The zero-order valence-corrected chi connectivity index (χ0v) is 11.9. The summed E-state index contributed by atoms with van der Waals surface area (Å²) < 4.78 is 0.779. The Morgan fingerprint density at radius 3 is 2.41 bits per heavy atom. The molecule has 0 saturated carbocycles. The van der Waals surface area contributed by atoms with Crippen LogP contribution in [0.15, 0.2) is 30.3 Å². The molecule has 0 aliphatic rings. The molecule has 0 radical (unpaired) electrons. The van der Waals surface area contributed by atoms with E-state index < -0.39 is 0 Å². The molecule has 0 aliphatic carbocycles. The molecule has 5 heteroatoms. The highest BCUT2D eigenvalue weighted by atomic mass is 35.5. The van der Waals surface area contributed by atoms with Crippen molar-refractivity contribution in [2.45, 2.75) is 12.5 Å². The van der Waals surface area contributed by atoms with Crippen LogP contribution in [0.25, 0.3) is 0 Å². The third kappa shape index (κ3) is 3.36. The Labute approximate surface area is 119 Å². The summed E-state index contributed by atoms with van der Waals surface area (Å²) in [4.78, 5) is 1.16. The van der Waals surface area contributed by atoms with E-state index >= 15 is 0 Å². The average molecular weight is 307 g/mol. The van der Waals surface area contributed by atoms with Crippen LogP contribution in [0, 0.1) is 0 Å². The molecule has 1 aromatic heterocycles. The second kappa shape index (κ2) is 5.59. The van der Waals surface area contributed by atoms with Crippen molar-refractivity contribution in [3.63, 3.8) is 0 Å². The maximum Gasteiger partial charge on any atom is 0.0931 e. The van der Waals surface area contributed by atoms with Crippen LogP contribution in [0.1, 0.15) is 16.5 Å². The molecule has 90 valence electrons. The van der Waals surface area contributed by atoms with Gasteiger partial charge in [0.05, 0.1) is 14.4 Å². The first-order valence-corrected chi connectivity index (χ1v) is 6.96. The van der Waals surface area contributed by atoms with E-state index in [2.05, 4.69) is 0 Å². The largest absolute Gasteiger partial charge is 0.324 e. The SMILES string of the molecule is NC(Cc1ccc(Cl)s1)c1ccc(Cl)c(Cl)c1. The van der Waals surface area contributed by atoms with Gasteiger partial charge in [0.2, 0.25) is 0 Å². The van der Waals surface area contributed by atoms with E-state index in [-0.39, 0.29) is 6.04 Å². The fraction of sp³-hybridized carbons (Fsp3) is 0.167. The minimum atomic E-state index is -0.0977. The Morgan fingerprint density at radius 2 is 1.82 bits per heavy atom. The molecule has 0 spiro atoms. The first kappa shape index (κ1) is 13.2. The van der Waals surface area contributed by atoms with Gasteiger partial charge >= 0.3 is 0 Å². The minimum Gasteiger partial charge on any atom is -0.324 e. The van der Waals surface area contributed by atoms with E-state index in [0.29, 0.717) is 10.0 Å². The van der Waals surface area contributed by atoms with Gasteiger partial charge in [0.25, 0.3) is 0 Å². The lowest BCUT2D eigenvalue weighted by Gasteiger charge is -2.11. The molecule has 2 rings (SSSR count). The maximum atomic E-state index is 6.12. The van der Waals surface area contributed by atoms with Crippen molar-refractivity contribution in [3.8, 4) is 0 Å². The van der Waals surface area contributed by atoms with Gasteiger partial charge in [-0.2, -0.15) is 0 Å². The van der Waals surface area contributed by atoms with E-state index in [1.165, 1.54) is 0 Å². The molecule has 0 saturated heterocycles. The fourth-order valence-electron chi connectivity index (χ4n) is 1.54. The predicted molar refractivity (Wildman–Crippen MR) is 76.4 cm³/mol. The summed E-state index contributed by atoms with van der Waals surface area (Å²) in [7, 11) is 0. The summed E-state index contributed by atoms with van der Waals surface area (Å²) in [5, 5.41) is 1.07. The lowest BCUT2D eigenvalue weighted by molar-refractivity contribution is 0.730. The van der Waals surface area contributed by atoms with Gasteiger partial charge in [0, 0.05) is 17.3 Å². The van der Waals surface area contributed by atoms with Crippen molar-refractivity contribution < 1.29 is 0 Å². The highest BCUT2D eigenvalue weighted by Gasteiger charge is 2.10. The third-order valence-electron chi connectivity index (χ3n) is 2.42. The van der Waals surface area contributed by atoms with E-state index in [0.717, 1.165) is 21.2 Å². The topological polar surface area (TPSA) is 26.0 Å². The van der Waals surface area contributed by atoms with Crippen molar-refractivity contribution in [2.75, 3.05) is 0 Å². The van der Waals surface area contributed by atoms with Gasteiger partial charge in [-0.25, -0.2) is 0 Å². The Hall–Kier alpha value is -0.250. The van der Waals surface area contributed by atoms with Crippen LogP contribution in [-0.2, 0) is 6.42 Å². The van der Waals surface area contributed by atoms with Crippen LogP contribution >= 0.6 is 46.1 Å². The Bertz CT molecular complexity index is 524. The predicted octanol–water partition coefficient (Wildman–Crippen LogP) is 4.95. The summed E-state index contributed by atoms with van der Waals surface area (Å²) in [6.07, 6.45) is 0.745. The standard InChI is InChI=1S/C12H10Cl3NS/c13-9-3-1-7(5-10(9)14)11(16)6-8-2-4-12(15)17-8/h1-5,11H,6,16H2. The lowest BCUT2D eigenvalue weighted by Crippen LogP contribution is -2.12. The van der Waals surface area contributed by atoms with Gasteiger partial charge in [-0.3, -0.25) is 0 Å².